The van der Waals surface area contributed by atoms with Crippen LogP contribution in [0.3, 0.4) is 0 Å². The van der Waals surface area contributed by atoms with Crippen molar-refractivity contribution in [1.82, 2.24) is 16.0 Å². The van der Waals surface area contributed by atoms with E-state index in [1.807, 2.05) is 33.8 Å². The van der Waals surface area contributed by atoms with E-state index in [-0.39, 0.29) is 31.3 Å². The predicted octanol–water partition coefficient (Wildman–Crippen LogP) is 1.98. The van der Waals surface area contributed by atoms with E-state index in [0.717, 1.165) is 5.56 Å². The van der Waals surface area contributed by atoms with Crippen LogP contribution in [0.25, 0.3) is 0 Å². The van der Waals surface area contributed by atoms with Gasteiger partial charge in [-0.2, -0.15) is 8.42 Å². The van der Waals surface area contributed by atoms with E-state index in [4.69, 9.17) is 16.3 Å². The number of alkyl carbamates (subject to hydrolysis) is 1. The molecule has 0 radical (unpaired) electrons. The van der Waals surface area contributed by atoms with Crippen molar-refractivity contribution in [1.29, 1.82) is 0 Å². The highest BCUT2D eigenvalue weighted by atomic mass is 35.5. The van der Waals surface area contributed by atoms with Gasteiger partial charge in [0.25, 0.3) is 10.1 Å². The van der Waals surface area contributed by atoms with E-state index in [1.54, 1.807) is 18.2 Å². The van der Waals surface area contributed by atoms with Crippen LogP contribution in [0, 0.1) is 11.8 Å². The SMILES string of the molecule is CC(C)CC(NC(=O)OCC(C)(C)c1cccc(Cl)c1)C(=O)N[C@@H](CC1CCNC1=O)C(O)S(=O)(=O)O. The Balaban J connectivity index is 2.10. The number of aliphatic hydroxyl groups excluding tert-OH is 1. The lowest BCUT2D eigenvalue weighted by Gasteiger charge is -2.28. The van der Waals surface area contributed by atoms with Crippen LogP contribution in [0.1, 0.15) is 52.5 Å². The number of ether oxygens (including phenoxy) is 1. The van der Waals surface area contributed by atoms with Crippen molar-refractivity contribution in [2.75, 3.05) is 13.2 Å². The lowest BCUT2D eigenvalue weighted by Crippen LogP contribution is -2.55. The summed E-state index contributed by atoms with van der Waals surface area (Å²) in [5, 5.41) is 18.2. The van der Waals surface area contributed by atoms with E-state index in [0.29, 0.717) is 18.0 Å². The number of rotatable bonds is 12. The first-order valence-electron chi connectivity index (χ1n) is 12.0. The molecule has 4 atom stereocenters. The fourth-order valence-corrected chi connectivity index (χ4v) is 4.82. The highest BCUT2D eigenvalue weighted by Crippen LogP contribution is 2.26. The minimum absolute atomic E-state index is 0.0178. The van der Waals surface area contributed by atoms with Gasteiger partial charge in [0.2, 0.25) is 17.3 Å². The van der Waals surface area contributed by atoms with Gasteiger partial charge in [0, 0.05) is 22.9 Å². The van der Waals surface area contributed by atoms with Crippen LogP contribution in [-0.2, 0) is 29.9 Å². The number of amides is 3. The van der Waals surface area contributed by atoms with Crippen molar-refractivity contribution >= 4 is 39.6 Å². The summed E-state index contributed by atoms with van der Waals surface area (Å²) in [6.45, 7) is 7.73. The fraction of sp³-hybridized carbons (Fsp3) is 0.625. The van der Waals surface area contributed by atoms with Crippen molar-refractivity contribution in [3.8, 4) is 0 Å². The van der Waals surface area contributed by atoms with Crippen LogP contribution in [0.2, 0.25) is 5.02 Å². The highest BCUT2D eigenvalue weighted by molar-refractivity contribution is 7.86. The quantitative estimate of drug-likeness (QED) is 0.241. The molecule has 3 amide bonds. The summed E-state index contributed by atoms with van der Waals surface area (Å²) < 4.78 is 38.0. The molecule has 1 aliphatic rings. The smallest absolute Gasteiger partial charge is 0.407 e. The number of carbonyl (C=O) groups is 3. The van der Waals surface area contributed by atoms with Crippen LogP contribution in [0.15, 0.2) is 24.3 Å². The van der Waals surface area contributed by atoms with E-state index in [2.05, 4.69) is 16.0 Å². The molecular formula is C24H36ClN3O8S. The average molecular weight is 562 g/mol. The molecule has 1 aliphatic heterocycles. The molecule has 1 heterocycles. The Morgan fingerprint density at radius 3 is 2.49 bits per heavy atom. The van der Waals surface area contributed by atoms with E-state index >= 15 is 0 Å². The Kier molecular flexibility index (Phi) is 10.7. The molecule has 0 saturated carbocycles. The number of carbonyl (C=O) groups excluding carboxylic acids is 3. The van der Waals surface area contributed by atoms with E-state index < -0.39 is 51.0 Å². The molecule has 1 saturated heterocycles. The Labute approximate surface area is 222 Å². The van der Waals surface area contributed by atoms with Crippen molar-refractivity contribution in [2.24, 2.45) is 11.8 Å². The molecule has 5 N–H and O–H groups in total. The molecule has 2 rings (SSSR count). The molecule has 0 aliphatic carbocycles. The summed E-state index contributed by atoms with van der Waals surface area (Å²) in [4.78, 5) is 37.7. The van der Waals surface area contributed by atoms with Crippen molar-refractivity contribution in [2.45, 2.75) is 69.9 Å². The molecule has 0 bridgehead atoms. The topological polar surface area (TPSA) is 171 Å². The summed E-state index contributed by atoms with van der Waals surface area (Å²) in [6, 6.07) is 4.53. The lowest BCUT2D eigenvalue weighted by molar-refractivity contribution is -0.126. The molecule has 13 heteroatoms. The van der Waals surface area contributed by atoms with Gasteiger partial charge in [-0.05, 0) is 42.9 Å². The molecule has 11 nitrogen and oxygen atoms in total. The lowest BCUT2D eigenvalue weighted by atomic mass is 9.86. The van der Waals surface area contributed by atoms with Crippen molar-refractivity contribution in [3.63, 3.8) is 0 Å². The summed E-state index contributed by atoms with van der Waals surface area (Å²) in [6.07, 6.45) is -0.522. The summed E-state index contributed by atoms with van der Waals surface area (Å²) >= 11 is 6.06. The van der Waals surface area contributed by atoms with Gasteiger partial charge in [-0.25, -0.2) is 4.79 Å². The molecule has 37 heavy (non-hydrogen) atoms. The average Bonchev–Trinajstić information content (AvgIpc) is 3.19. The zero-order valence-electron chi connectivity index (χ0n) is 21.4. The Morgan fingerprint density at radius 1 is 1.27 bits per heavy atom. The first kappa shape index (κ1) is 30.8. The largest absolute Gasteiger partial charge is 0.449 e. The Bertz CT molecular complexity index is 1080. The zero-order valence-corrected chi connectivity index (χ0v) is 22.9. The third kappa shape index (κ3) is 9.44. The fourth-order valence-electron chi connectivity index (χ4n) is 4.04. The highest BCUT2D eigenvalue weighted by Gasteiger charge is 2.38. The molecule has 0 spiro atoms. The van der Waals surface area contributed by atoms with Gasteiger partial charge in [0.05, 0.1) is 6.04 Å². The number of halogens is 1. The predicted molar refractivity (Wildman–Crippen MR) is 137 cm³/mol. The molecule has 1 aromatic carbocycles. The Morgan fingerprint density at radius 2 is 1.95 bits per heavy atom. The summed E-state index contributed by atoms with van der Waals surface area (Å²) in [5.74, 6) is -1.84. The second kappa shape index (κ2) is 12.9. The molecule has 1 fully saturated rings. The first-order valence-corrected chi connectivity index (χ1v) is 13.9. The van der Waals surface area contributed by atoms with Gasteiger partial charge in [0.1, 0.15) is 12.6 Å². The van der Waals surface area contributed by atoms with Gasteiger partial charge < -0.3 is 25.8 Å². The first-order chi connectivity index (χ1) is 17.1. The van der Waals surface area contributed by atoms with Crippen molar-refractivity contribution in [3.05, 3.63) is 34.9 Å². The molecule has 3 unspecified atom stereocenters. The second-order valence-electron chi connectivity index (χ2n) is 10.3. The third-order valence-corrected chi connectivity index (χ3v) is 7.34. The normalized spacial score (nSPS) is 18.6. The Hall–Kier alpha value is -2.41. The molecule has 0 aromatic heterocycles. The monoisotopic (exact) mass is 561 g/mol. The van der Waals surface area contributed by atoms with Crippen LogP contribution in [0.5, 0.6) is 0 Å². The number of benzene rings is 1. The van der Waals surface area contributed by atoms with Crippen LogP contribution in [-0.4, -0.2) is 66.7 Å². The minimum Gasteiger partial charge on any atom is -0.449 e. The minimum atomic E-state index is -4.95. The van der Waals surface area contributed by atoms with Gasteiger partial charge in [-0.3, -0.25) is 14.1 Å². The molecule has 1 aromatic rings. The van der Waals surface area contributed by atoms with Gasteiger partial charge in [-0.1, -0.05) is 51.4 Å². The standard InChI is InChI=1S/C24H36ClN3O8S/c1-14(2)10-18(28-23(32)36-13-24(3,4)16-6-5-7-17(25)12-16)21(30)27-19(22(31)37(33,34)35)11-15-8-9-26-20(15)29/h5-7,12,14-15,18-19,22,31H,8-11,13H2,1-4H3,(H,26,29)(H,27,30)(H,28,32)(H,33,34,35)/t15?,18?,19-,22?/m0/s1. The summed E-state index contributed by atoms with van der Waals surface area (Å²) in [7, 11) is -4.95. The molecule has 208 valence electrons. The van der Waals surface area contributed by atoms with Crippen LogP contribution >= 0.6 is 11.6 Å². The maximum Gasteiger partial charge on any atom is 0.407 e. The van der Waals surface area contributed by atoms with Crippen LogP contribution < -0.4 is 16.0 Å². The maximum absolute atomic E-state index is 13.1. The maximum atomic E-state index is 13.1. The van der Waals surface area contributed by atoms with Crippen LogP contribution in [0.4, 0.5) is 4.79 Å². The van der Waals surface area contributed by atoms with Gasteiger partial charge in [0.15, 0.2) is 0 Å². The molecular weight excluding hydrogens is 526 g/mol. The van der Waals surface area contributed by atoms with E-state index in [1.165, 1.54) is 0 Å². The third-order valence-electron chi connectivity index (χ3n) is 6.16. The number of aliphatic hydroxyl groups is 1. The number of hydrogen-bond donors (Lipinski definition) is 5. The second-order valence-corrected chi connectivity index (χ2v) is 12.3. The zero-order chi connectivity index (χ0) is 28.0. The van der Waals surface area contributed by atoms with Crippen molar-refractivity contribution < 1.29 is 37.2 Å². The van der Waals surface area contributed by atoms with Gasteiger partial charge in [-0.15, -0.1) is 0 Å². The number of hydrogen-bond acceptors (Lipinski definition) is 7. The van der Waals surface area contributed by atoms with E-state index in [9.17, 15) is 32.5 Å². The van der Waals surface area contributed by atoms with Gasteiger partial charge >= 0.3 is 6.09 Å². The summed E-state index contributed by atoms with van der Waals surface area (Å²) in [5.41, 5.74) is -2.08. The number of nitrogens with one attached hydrogen (secondary N) is 3.